The van der Waals surface area contributed by atoms with Crippen LogP contribution < -0.4 is 0 Å². The molecule has 10 heavy (non-hydrogen) atoms. The Kier molecular flexibility index (Phi) is 8.00. The van der Waals surface area contributed by atoms with Crippen LogP contribution >= 0.6 is 24.8 Å². The van der Waals surface area contributed by atoms with Gasteiger partial charge in [0.1, 0.15) is 0 Å². The van der Waals surface area contributed by atoms with Gasteiger partial charge in [-0.3, -0.25) is 0 Å². The Morgan fingerprint density at radius 2 is 2.00 bits per heavy atom. The van der Waals surface area contributed by atoms with Crippen LogP contribution in [0.25, 0.3) is 0 Å². The molecule has 0 aliphatic carbocycles. The predicted octanol–water partition coefficient (Wildman–Crippen LogP) is 1.88. The van der Waals surface area contributed by atoms with E-state index in [0.717, 1.165) is 0 Å². The lowest BCUT2D eigenvalue weighted by atomic mass is 10.5. The zero-order valence-electron chi connectivity index (χ0n) is 5.14. The number of allylic oxidation sites excluding steroid dienone is 2. The third-order valence-corrected chi connectivity index (χ3v) is 0.790. The van der Waals surface area contributed by atoms with Crippen LogP contribution in [0.2, 0.25) is 0 Å². The summed E-state index contributed by atoms with van der Waals surface area (Å²) in [5.41, 5.74) is 0. The molecule has 1 aliphatic rings. The zero-order chi connectivity index (χ0) is 5.82. The van der Waals surface area contributed by atoms with E-state index < -0.39 is 0 Å². The molecule has 0 aromatic carbocycles. The van der Waals surface area contributed by atoms with Gasteiger partial charge in [-0.15, -0.1) is 24.8 Å². The van der Waals surface area contributed by atoms with Gasteiger partial charge >= 0.3 is 0 Å². The molecule has 0 unspecified atom stereocenters. The first-order chi connectivity index (χ1) is 3.89. The first-order valence-electron chi connectivity index (χ1n) is 2.37. The molecule has 1 heterocycles. The minimum absolute atomic E-state index is 0. The highest BCUT2D eigenvalue weighted by Crippen LogP contribution is 1.87. The van der Waals surface area contributed by atoms with Crippen LogP contribution in [-0.2, 0) is 0 Å². The van der Waals surface area contributed by atoms with E-state index in [2.05, 4.69) is 5.11 Å². The number of rotatable bonds is 0. The molecule has 0 amide bonds. The zero-order valence-corrected chi connectivity index (χ0v) is 6.77. The fraction of sp³-hybridized carbons (Fsp3) is 0.200. The summed E-state index contributed by atoms with van der Waals surface area (Å²) in [6.45, 7) is 0.354. The van der Waals surface area contributed by atoms with E-state index in [9.17, 15) is 5.21 Å². The fourth-order valence-corrected chi connectivity index (χ4v) is 0.439. The third-order valence-electron chi connectivity index (χ3n) is 0.790. The van der Waals surface area contributed by atoms with E-state index >= 15 is 0 Å². The van der Waals surface area contributed by atoms with Crippen LogP contribution in [-0.4, -0.2) is 11.4 Å². The maximum atomic E-state index is 10.3. The smallest absolute Gasteiger partial charge is 0.199 e. The second kappa shape index (κ2) is 6.58. The summed E-state index contributed by atoms with van der Waals surface area (Å²) in [4.78, 5) is 0.625. The Bertz CT molecular complexity index is 165. The van der Waals surface area contributed by atoms with E-state index in [4.69, 9.17) is 0 Å². The van der Waals surface area contributed by atoms with Gasteiger partial charge in [-0.25, -0.2) is 0 Å². The van der Waals surface area contributed by atoms with E-state index in [1.54, 1.807) is 18.2 Å². The van der Waals surface area contributed by atoms with Crippen molar-refractivity contribution in [3.63, 3.8) is 0 Å². The Balaban J connectivity index is 0. The Hall–Kier alpha value is -0.540. The Morgan fingerprint density at radius 3 is 2.70 bits per heavy atom. The van der Waals surface area contributed by atoms with Crippen molar-refractivity contribution in [3.05, 3.63) is 29.6 Å². The maximum Gasteiger partial charge on any atom is 0.199 e. The highest BCUT2D eigenvalue weighted by molar-refractivity contribution is 5.85. The summed E-state index contributed by atoms with van der Waals surface area (Å²) >= 11 is 0. The molecule has 1 aliphatic heterocycles. The van der Waals surface area contributed by atoms with Crippen LogP contribution in [0.3, 0.4) is 0 Å². The van der Waals surface area contributed by atoms with Crippen molar-refractivity contribution in [1.29, 1.82) is 0 Å². The van der Waals surface area contributed by atoms with Crippen LogP contribution in [0.15, 0.2) is 29.5 Å². The molecule has 0 radical (unpaired) electrons. The number of hydrogen-bond donors (Lipinski definition) is 0. The summed E-state index contributed by atoms with van der Waals surface area (Å²) in [6.07, 6.45) is 6.73. The van der Waals surface area contributed by atoms with Gasteiger partial charge in [-0.05, 0) is 17.3 Å². The van der Waals surface area contributed by atoms with E-state index in [-0.39, 0.29) is 24.8 Å². The van der Waals surface area contributed by atoms with Gasteiger partial charge < -0.3 is 5.21 Å². The van der Waals surface area contributed by atoms with Crippen molar-refractivity contribution in [2.45, 2.75) is 0 Å². The monoisotopic (exact) mass is 182 g/mol. The van der Waals surface area contributed by atoms with Gasteiger partial charge in [0, 0.05) is 0 Å². The predicted molar refractivity (Wildman–Crippen MR) is 43.7 cm³/mol. The van der Waals surface area contributed by atoms with Crippen molar-refractivity contribution in [2.24, 2.45) is 5.11 Å². The average Bonchev–Trinajstić information content (AvgIpc) is 1.94. The minimum atomic E-state index is 0. The molecule has 0 saturated carbocycles. The summed E-state index contributed by atoms with van der Waals surface area (Å²) < 4.78 is 0. The lowest BCUT2D eigenvalue weighted by molar-refractivity contribution is -0.515. The number of azo groups is 1. The third kappa shape index (κ3) is 4.35. The molecular weight excluding hydrogens is 175 g/mol. The van der Waals surface area contributed by atoms with Crippen LogP contribution in [0.1, 0.15) is 0 Å². The molecule has 0 bridgehead atoms. The number of hydroxylamine groups is 1. The first-order valence-corrected chi connectivity index (χ1v) is 2.37. The van der Waals surface area contributed by atoms with E-state index in [1.165, 1.54) is 6.20 Å². The lowest BCUT2D eigenvalue weighted by Crippen LogP contribution is -1.96. The number of halogens is 2. The van der Waals surface area contributed by atoms with Gasteiger partial charge in [0.25, 0.3) is 0 Å². The topological polar surface area (TPSA) is 38.4 Å². The highest BCUT2D eigenvalue weighted by atomic mass is 35.5. The van der Waals surface area contributed by atoms with Crippen LogP contribution in [0.4, 0.5) is 0 Å². The summed E-state index contributed by atoms with van der Waals surface area (Å²) in [7, 11) is 0. The van der Waals surface area contributed by atoms with Gasteiger partial charge in [0.2, 0.25) is 0 Å². The van der Waals surface area contributed by atoms with Crippen molar-refractivity contribution in [3.8, 4) is 0 Å². The van der Waals surface area contributed by atoms with Gasteiger partial charge in [-0.2, -0.15) is 0 Å². The molecule has 0 aromatic rings. The second-order valence-corrected chi connectivity index (χ2v) is 1.42. The van der Waals surface area contributed by atoms with Gasteiger partial charge in [-0.1, -0.05) is 10.9 Å². The summed E-state index contributed by atoms with van der Waals surface area (Å²) in [5.74, 6) is 0. The molecule has 0 aromatic heterocycles. The molecule has 5 heteroatoms. The Morgan fingerprint density at radius 1 is 1.30 bits per heavy atom. The minimum Gasteiger partial charge on any atom is -0.599 e. The van der Waals surface area contributed by atoms with E-state index in [1.807, 2.05) is 0 Å². The maximum absolute atomic E-state index is 10.3. The normalized spacial score (nSPS) is 14.2. The Labute approximate surface area is 71.5 Å². The average molecular weight is 183 g/mol. The number of hydrogen-bond acceptors (Lipinski definition) is 2. The standard InChI is InChI=1S/C5H6N2O.2ClH/c8-7-5-3-1-2-4-6-7;;/h1-4H,5H2;2*1H. The van der Waals surface area contributed by atoms with Crippen molar-refractivity contribution in [1.82, 2.24) is 0 Å². The molecule has 0 spiro atoms. The SMILES string of the molecule is Cl.Cl.[O-][N+]1=NC=CC=CC1. The van der Waals surface area contributed by atoms with Crippen molar-refractivity contribution < 1.29 is 4.86 Å². The summed E-state index contributed by atoms with van der Waals surface area (Å²) in [6, 6.07) is 0. The van der Waals surface area contributed by atoms with Gasteiger partial charge in [0.15, 0.2) is 6.54 Å². The van der Waals surface area contributed by atoms with Crippen LogP contribution in [0, 0.1) is 5.21 Å². The van der Waals surface area contributed by atoms with Gasteiger partial charge in [0.05, 0.1) is 6.20 Å². The number of nitrogens with zero attached hydrogens (tertiary/aromatic N) is 2. The molecule has 0 saturated heterocycles. The molecule has 0 N–H and O–H groups in total. The van der Waals surface area contributed by atoms with Crippen LogP contribution in [0.5, 0.6) is 0 Å². The fourth-order valence-electron chi connectivity index (χ4n) is 0.439. The van der Waals surface area contributed by atoms with Crippen molar-refractivity contribution >= 4 is 24.8 Å². The summed E-state index contributed by atoms with van der Waals surface area (Å²) in [5, 5.41) is 13.8. The van der Waals surface area contributed by atoms with E-state index in [0.29, 0.717) is 11.4 Å². The highest BCUT2D eigenvalue weighted by Gasteiger charge is 1.87. The molecule has 58 valence electrons. The van der Waals surface area contributed by atoms with Crippen molar-refractivity contribution in [2.75, 3.05) is 6.54 Å². The molecule has 1 rings (SSSR count). The molecular formula is C5H8Cl2N2O. The molecule has 0 atom stereocenters. The largest absolute Gasteiger partial charge is 0.599 e. The molecule has 3 nitrogen and oxygen atoms in total. The lowest BCUT2D eigenvalue weighted by Gasteiger charge is -1.90. The first kappa shape index (κ1) is 12.2. The molecule has 0 fully saturated rings. The second-order valence-electron chi connectivity index (χ2n) is 1.42. The quantitative estimate of drug-likeness (QED) is 0.417.